The Morgan fingerprint density at radius 1 is 0.850 bits per heavy atom. The number of hydrogen-bond acceptors (Lipinski definition) is 3. The molecule has 0 aliphatic rings. The van der Waals surface area contributed by atoms with Crippen molar-refractivity contribution in [2.75, 3.05) is 0 Å². The van der Waals surface area contributed by atoms with Crippen molar-refractivity contribution in [3.05, 3.63) is 0 Å². The van der Waals surface area contributed by atoms with Crippen molar-refractivity contribution in [2.45, 2.75) is 83.5 Å². The molecular weight excluding hydrogens is 252 g/mol. The number of unbranched alkanes of at least 4 members (excludes halogenated alkanes) is 4. The lowest BCUT2D eigenvalue weighted by atomic mass is 10.0. The molecule has 0 aliphatic carbocycles. The minimum Gasteiger partial charge on any atom is -0.390 e. The highest BCUT2D eigenvalue weighted by atomic mass is 16.3. The summed E-state index contributed by atoms with van der Waals surface area (Å²) in [6, 6.07) is 0. The van der Waals surface area contributed by atoms with Crippen LogP contribution in [0.25, 0.3) is 0 Å². The van der Waals surface area contributed by atoms with E-state index in [2.05, 4.69) is 30.6 Å². The molecule has 0 heterocycles. The van der Waals surface area contributed by atoms with E-state index >= 15 is 0 Å². The Morgan fingerprint density at radius 3 is 2.20 bits per heavy atom. The first-order valence-corrected chi connectivity index (χ1v) is 7.64. The van der Waals surface area contributed by atoms with Crippen LogP contribution in [0.2, 0.25) is 0 Å². The fourth-order valence-electron chi connectivity index (χ4n) is 1.71. The minimum absolute atomic E-state index is 0.215. The van der Waals surface area contributed by atoms with Crippen LogP contribution in [-0.4, -0.2) is 33.6 Å². The van der Waals surface area contributed by atoms with Gasteiger partial charge in [0.05, 0.1) is 12.2 Å². The summed E-state index contributed by atoms with van der Waals surface area (Å²) < 4.78 is 0. The second-order valence-corrected chi connectivity index (χ2v) is 5.04. The molecule has 0 saturated carbocycles. The van der Waals surface area contributed by atoms with Crippen LogP contribution in [-0.2, 0) is 0 Å². The van der Waals surface area contributed by atoms with E-state index in [0.29, 0.717) is 12.8 Å². The molecule has 0 bridgehead atoms. The van der Waals surface area contributed by atoms with Crippen LogP contribution in [0.5, 0.6) is 0 Å². The minimum atomic E-state index is -0.813. The van der Waals surface area contributed by atoms with Gasteiger partial charge in [-0.2, -0.15) is 0 Å². The highest BCUT2D eigenvalue weighted by Crippen LogP contribution is 2.10. The summed E-state index contributed by atoms with van der Waals surface area (Å²) in [5, 5.41) is 28.7. The highest BCUT2D eigenvalue weighted by molar-refractivity contribution is 5.27. The first kappa shape index (κ1) is 19.0. The zero-order chi connectivity index (χ0) is 15.2. The third kappa shape index (κ3) is 10.9. The first-order valence-electron chi connectivity index (χ1n) is 7.64. The van der Waals surface area contributed by atoms with Crippen molar-refractivity contribution in [3.63, 3.8) is 0 Å². The predicted molar refractivity (Wildman–Crippen MR) is 81.9 cm³/mol. The van der Waals surface area contributed by atoms with E-state index in [1.807, 2.05) is 6.92 Å². The topological polar surface area (TPSA) is 60.7 Å². The van der Waals surface area contributed by atoms with Crippen LogP contribution in [0, 0.1) is 23.7 Å². The maximum atomic E-state index is 9.76. The van der Waals surface area contributed by atoms with E-state index in [1.54, 1.807) is 0 Å². The smallest absolute Gasteiger partial charge is 0.115 e. The van der Waals surface area contributed by atoms with Gasteiger partial charge < -0.3 is 15.3 Å². The van der Waals surface area contributed by atoms with E-state index in [0.717, 1.165) is 12.8 Å². The summed E-state index contributed by atoms with van der Waals surface area (Å²) >= 11 is 0. The summed E-state index contributed by atoms with van der Waals surface area (Å²) in [6.45, 7) is 4.01. The van der Waals surface area contributed by atoms with Gasteiger partial charge in [0.1, 0.15) is 6.10 Å². The average molecular weight is 280 g/mol. The van der Waals surface area contributed by atoms with Crippen molar-refractivity contribution >= 4 is 0 Å². The van der Waals surface area contributed by atoms with Gasteiger partial charge in [-0.15, -0.1) is 0 Å². The van der Waals surface area contributed by atoms with E-state index in [1.165, 1.54) is 19.3 Å². The molecule has 0 spiro atoms. The summed E-state index contributed by atoms with van der Waals surface area (Å²) in [6.07, 6.45) is 4.91. The lowest BCUT2D eigenvalue weighted by Crippen LogP contribution is -2.25. The zero-order valence-corrected chi connectivity index (χ0v) is 12.7. The molecular formula is C17H28O3. The molecule has 0 amide bonds. The van der Waals surface area contributed by atoms with Gasteiger partial charge in [0, 0.05) is 6.42 Å². The molecule has 3 nitrogen and oxygen atoms in total. The quantitative estimate of drug-likeness (QED) is 0.448. The van der Waals surface area contributed by atoms with Gasteiger partial charge in [0.15, 0.2) is 0 Å². The lowest BCUT2D eigenvalue weighted by Gasteiger charge is -2.15. The standard InChI is InChI=1S/C17H28O3/c1-3-5-6-7-10-13-16(19)17(20)14-11-8-9-12-15(18)4-2/h15-20H,3-7,10,13-14H2,1-2H3/t15-,16+,17+/m0/s1. The lowest BCUT2D eigenvalue weighted by molar-refractivity contribution is 0.0165. The Kier molecular flexibility index (Phi) is 12.4. The summed E-state index contributed by atoms with van der Waals surface area (Å²) in [5.74, 6) is 10.4. The molecule has 0 aromatic rings. The van der Waals surface area contributed by atoms with Crippen LogP contribution < -0.4 is 0 Å². The molecule has 0 aliphatic heterocycles. The maximum absolute atomic E-state index is 9.76. The van der Waals surface area contributed by atoms with Gasteiger partial charge in [0.2, 0.25) is 0 Å². The molecule has 0 fully saturated rings. The van der Waals surface area contributed by atoms with E-state index in [4.69, 9.17) is 0 Å². The van der Waals surface area contributed by atoms with Crippen LogP contribution in [0.15, 0.2) is 0 Å². The summed E-state index contributed by atoms with van der Waals surface area (Å²) in [5.41, 5.74) is 0. The highest BCUT2D eigenvalue weighted by Gasteiger charge is 2.14. The molecule has 3 atom stereocenters. The fourth-order valence-corrected chi connectivity index (χ4v) is 1.71. The Labute approximate surface area is 123 Å². The van der Waals surface area contributed by atoms with Gasteiger partial charge in [0.25, 0.3) is 0 Å². The monoisotopic (exact) mass is 280 g/mol. The molecule has 20 heavy (non-hydrogen) atoms. The van der Waals surface area contributed by atoms with Gasteiger partial charge in [-0.25, -0.2) is 0 Å². The third-order valence-electron chi connectivity index (χ3n) is 3.14. The third-order valence-corrected chi connectivity index (χ3v) is 3.14. The maximum Gasteiger partial charge on any atom is 0.115 e. The van der Waals surface area contributed by atoms with Crippen molar-refractivity contribution in [3.8, 4) is 23.7 Å². The van der Waals surface area contributed by atoms with Gasteiger partial charge in [-0.3, -0.25) is 0 Å². The van der Waals surface area contributed by atoms with Crippen LogP contribution in [0.4, 0.5) is 0 Å². The van der Waals surface area contributed by atoms with Crippen molar-refractivity contribution in [1.82, 2.24) is 0 Å². The fraction of sp³-hybridized carbons (Fsp3) is 0.765. The van der Waals surface area contributed by atoms with Gasteiger partial charge >= 0.3 is 0 Å². The Bertz CT molecular complexity index is 343. The van der Waals surface area contributed by atoms with E-state index in [-0.39, 0.29) is 6.42 Å². The first-order chi connectivity index (χ1) is 9.61. The Balaban J connectivity index is 3.81. The number of hydrogen-bond donors (Lipinski definition) is 3. The number of rotatable bonds is 9. The van der Waals surface area contributed by atoms with E-state index < -0.39 is 18.3 Å². The van der Waals surface area contributed by atoms with Gasteiger partial charge in [-0.1, -0.05) is 57.8 Å². The van der Waals surface area contributed by atoms with Crippen LogP contribution in [0.3, 0.4) is 0 Å². The molecule has 3 N–H and O–H groups in total. The SMILES string of the molecule is CCCCCCC[C@@H](O)[C@H](O)CC#CC#C[C@@H](O)CC. The van der Waals surface area contributed by atoms with Crippen LogP contribution in [0.1, 0.15) is 65.2 Å². The predicted octanol–water partition coefficient (Wildman–Crippen LogP) is 2.24. The molecule has 0 rings (SSSR count). The second kappa shape index (κ2) is 13.0. The largest absolute Gasteiger partial charge is 0.390 e. The summed E-state index contributed by atoms with van der Waals surface area (Å²) in [4.78, 5) is 0. The van der Waals surface area contributed by atoms with E-state index in [9.17, 15) is 15.3 Å². The molecule has 0 unspecified atom stereocenters. The molecule has 0 radical (unpaired) electrons. The molecule has 0 aromatic carbocycles. The summed E-state index contributed by atoms with van der Waals surface area (Å²) in [7, 11) is 0. The Morgan fingerprint density at radius 2 is 1.55 bits per heavy atom. The average Bonchev–Trinajstić information content (AvgIpc) is 2.45. The Hall–Kier alpha value is -1.00. The number of aliphatic hydroxyl groups is 3. The van der Waals surface area contributed by atoms with Gasteiger partial charge in [-0.05, 0) is 24.7 Å². The van der Waals surface area contributed by atoms with Crippen molar-refractivity contribution in [1.29, 1.82) is 0 Å². The van der Waals surface area contributed by atoms with Crippen molar-refractivity contribution in [2.24, 2.45) is 0 Å². The molecule has 0 saturated heterocycles. The van der Waals surface area contributed by atoms with Crippen LogP contribution >= 0.6 is 0 Å². The number of aliphatic hydroxyl groups excluding tert-OH is 3. The normalized spacial score (nSPS) is 14.4. The second-order valence-electron chi connectivity index (χ2n) is 5.04. The van der Waals surface area contributed by atoms with Crippen molar-refractivity contribution < 1.29 is 15.3 Å². The molecule has 114 valence electrons. The zero-order valence-electron chi connectivity index (χ0n) is 12.7. The molecule has 3 heteroatoms. The molecule has 0 aromatic heterocycles.